The SMILES string of the molecule is N#CCCC=C(CO)C(=O)O. The van der Waals surface area contributed by atoms with Gasteiger partial charge in [-0.2, -0.15) is 5.26 Å². The summed E-state index contributed by atoms with van der Waals surface area (Å²) in [6, 6.07) is 1.87. The number of unbranched alkanes of at least 4 members (excludes halogenated alkanes) is 1. The van der Waals surface area contributed by atoms with E-state index >= 15 is 0 Å². The van der Waals surface area contributed by atoms with Crippen molar-refractivity contribution < 1.29 is 15.0 Å². The molecule has 0 spiro atoms. The average molecular weight is 155 g/mol. The number of rotatable bonds is 4. The molecule has 0 fully saturated rings. The van der Waals surface area contributed by atoms with Gasteiger partial charge in [0.2, 0.25) is 0 Å². The van der Waals surface area contributed by atoms with E-state index in [-0.39, 0.29) is 12.0 Å². The molecule has 0 saturated carbocycles. The summed E-state index contributed by atoms with van der Waals surface area (Å²) in [5.74, 6) is -1.13. The molecule has 60 valence electrons. The monoisotopic (exact) mass is 155 g/mol. The third kappa shape index (κ3) is 4.12. The van der Waals surface area contributed by atoms with Crippen molar-refractivity contribution in [2.45, 2.75) is 12.8 Å². The van der Waals surface area contributed by atoms with Crippen molar-refractivity contribution in [1.82, 2.24) is 0 Å². The molecule has 0 bridgehead atoms. The molecule has 0 unspecified atom stereocenters. The number of nitriles is 1. The molecule has 0 atom stereocenters. The van der Waals surface area contributed by atoms with Crippen LogP contribution < -0.4 is 0 Å². The molecule has 0 aliphatic rings. The highest BCUT2D eigenvalue weighted by Gasteiger charge is 2.03. The summed E-state index contributed by atoms with van der Waals surface area (Å²) in [6.45, 7) is -0.485. The van der Waals surface area contributed by atoms with E-state index in [9.17, 15) is 4.79 Å². The van der Waals surface area contributed by atoms with Crippen LogP contribution in [0.15, 0.2) is 11.6 Å². The van der Waals surface area contributed by atoms with Crippen LogP contribution in [0, 0.1) is 11.3 Å². The maximum Gasteiger partial charge on any atom is 0.333 e. The molecule has 0 aromatic carbocycles. The number of nitrogens with zero attached hydrogens (tertiary/aromatic N) is 1. The lowest BCUT2D eigenvalue weighted by molar-refractivity contribution is -0.133. The lowest BCUT2D eigenvalue weighted by Crippen LogP contribution is -2.04. The Kier molecular flexibility index (Phi) is 4.78. The number of aliphatic hydroxyl groups excluding tert-OH is 1. The molecule has 0 aliphatic heterocycles. The van der Waals surface area contributed by atoms with Crippen LogP contribution in [0.25, 0.3) is 0 Å². The molecule has 0 aliphatic carbocycles. The zero-order valence-electron chi connectivity index (χ0n) is 5.95. The van der Waals surface area contributed by atoms with Gasteiger partial charge in [0, 0.05) is 6.42 Å². The zero-order chi connectivity index (χ0) is 8.69. The van der Waals surface area contributed by atoms with Crippen molar-refractivity contribution in [2.24, 2.45) is 0 Å². The number of aliphatic hydroxyl groups is 1. The Hall–Kier alpha value is -1.34. The Balaban J connectivity index is 3.93. The van der Waals surface area contributed by atoms with Crippen molar-refractivity contribution in [2.75, 3.05) is 6.61 Å². The van der Waals surface area contributed by atoms with Gasteiger partial charge in [-0.1, -0.05) is 6.08 Å². The summed E-state index contributed by atoms with van der Waals surface area (Å²) in [6.07, 6.45) is 2.00. The van der Waals surface area contributed by atoms with E-state index in [2.05, 4.69) is 0 Å². The smallest absolute Gasteiger partial charge is 0.333 e. The third-order valence-corrected chi connectivity index (χ3v) is 1.09. The number of hydrogen-bond acceptors (Lipinski definition) is 3. The van der Waals surface area contributed by atoms with Crippen LogP contribution in [0.3, 0.4) is 0 Å². The maximum atomic E-state index is 10.2. The van der Waals surface area contributed by atoms with Gasteiger partial charge in [0.15, 0.2) is 0 Å². The molecule has 0 radical (unpaired) electrons. The lowest BCUT2D eigenvalue weighted by Gasteiger charge is -1.93. The fourth-order valence-electron chi connectivity index (χ4n) is 0.530. The van der Waals surface area contributed by atoms with E-state index in [0.29, 0.717) is 6.42 Å². The minimum absolute atomic E-state index is 0.0553. The number of hydrogen-bond donors (Lipinski definition) is 2. The van der Waals surface area contributed by atoms with Gasteiger partial charge < -0.3 is 10.2 Å². The van der Waals surface area contributed by atoms with Gasteiger partial charge in [-0.15, -0.1) is 0 Å². The number of carbonyl (C=O) groups is 1. The summed E-state index contributed by atoms with van der Waals surface area (Å²) in [5.41, 5.74) is -0.0553. The van der Waals surface area contributed by atoms with E-state index < -0.39 is 12.6 Å². The van der Waals surface area contributed by atoms with Crippen LogP contribution in [-0.4, -0.2) is 22.8 Å². The number of carboxylic acid groups (broad SMARTS) is 1. The molecule has 11 heavy (non-hydrogen) atoms. The molecular formula is C7H9NO3. The first-order chi connectivity index (χ1) is 5.22. The van der Waals surface area contributed by atoms with Crippen LogP contribution in [0.1, 0.15) is 12.8 Å². The van der Waals surface area contributed by atoms with E-state index in [1.165, 1.54) is 6.08 Å². The van der Waals surface area contributed by atoms with Crippen molar-refractivity contribution in [3.8, 4) is 6.07 Å². The van der Waals surface area contributed by atoms with Gasteiger partial charge in [0.1, 0.15) is 0 Å². The van der Waals surface area contributed by atoms with Gasteiger partial charge in [0.25, 0.3) is 0 Å². The molecule has 2 N–H and O–H groups in total. The first-order valence-corrected chi connectivity index (χ1v) is 3.12. The first-order valence-electron chi connectivity index (χ1n) is 3.12. The van der Waals surface area contributed by atoms with Crippen LogP contribution in [0.4, 0.5) is 0 Å². The Morgan fingerprint density at radius 1 is 1.64 bits per heavy atom. The zero-order valence-corrected chi connectivity index (χ0v) is 5.95. The average Bonchev–Trinajstić information content (AvgIpc) is 1.97. The van der Waals surface area contributed by atoms with Crippen LogP contribution in [0.2, 0.25) is 0 Å². The maximum absolute atomic E-state index is 10.2. The highest BCUT2D eigenvalue weighted by atomic mass is 16.4. The summed E-state index contributed by atoms with van der Waals surface area (Å²) >= 11 is 0. The second kappa shape index (κ2) is 5.45. The molecule has 0 rings (SSSR count). The molecular weight excluding hydrogens is 146 g/mol. The van der Waals surface area contributed by atoms with Gasteiger partial charge in [0.05, 0.1) is 18.2 Å². The fraction of sp³-hybridized carbons (Fsp3) is 0.429. The lowest BCUT2D eigenvalue weighted by atomic mass is 10.2. The highest BCUT2D eigenvalue weighted by Crippen LogP contribution is 1.97. The Labute approximate surface area is 64.4 Å². The molecule has 0 heterocycles. The van der Waals surface area contributed by atoms with Crippen LogP contribution in [0.5, 0.6) is 0 Å². The second-order valence-electron chi connectivity index (χ2n) is 1.89. The van der Waals surface area contributed by atoms with Gasteiger partial charge in [-0.3, -0.25) is 0 Å². The second-order valence-corrected chi connectivity index (χ2v) is 1.89. The predicted octanol–water partition coefficient (Wildman–Crippen LogP) is 0.293. The quantitative estimate of drug-likeness (QED) is 0.451. The normalized spacial score (nSPS) is 10.7. The van der Waals surface area contributed by atoms with Gasteiger partial charge >= 0.3 is 5.97 Å². The Morgan fingerprint density at radius 2 is 2.27 bits per heavy atom. The Bertz CT molecular complexity index is 202. The summed E-state index contributed by atoms with van der Waals surface area (Å²) in [7, 11) is 0. The van der Waals surface area contributed by atoms with E-state index in [4.69, 9.17) is 15.5 Å². The standard InChI is InChI=1S/C7H9NO3/c8-4-2-1-3-6(5-9)7(10)11/h3,9H,1-2,5H2,(H,10,11). The number of allylic oxidation sites excluding steroid dienone is 1. The number of carboxylic acids is 1. The predicted molar refractivity (Wildman–Crippen MR) is 37.7 cm³/mol. The topological polar surface area (TPSA) is 81.3 Å². The van der Waals surface area contributed by atoms with Crippen molar-refractivity contribution in [1.29, 1.82) is 5.26 Å². The summed E-state index contributed by atoms with van der Waals surface area (Å²) < 4.78 is 0. The molecule has 4 nitrogen and oxygen atoms in total. The Morgan fingerprint density at radius 3 is 2.64 bits per heavy atom. The highest BCUT2D eigenvalue weighted by molar-refractivity contribution is 5.86. The van der Waals surface area contributed by atoms with E-state index in [1.807, 2.05) is 6.07 Å². The first kappa shape index (κ1) is 9.66. The minimum atomic E-state index is -1.13. The van der Waals surface area contributed by atoms with Gasteiger partial charge in [-0.25, -0.2) is 4.79 Å². The summed E-state index contributed by atoms with van der Waals surface area (Å²) in [4.78, 5) is 10.2. The van der Waals surface area contributed by atoms with Crippen LogP contribution >= 0.6 is 0 Å². The molecule has 0 aromatic heterocycles. The molecule has 0 amide bonds. The fourth-order valence-corrected chi connectivity index (χ4v) is 0.530. The van der Waals surface area contributed by atoms with Gasteiger partial charge in [-0.05, 0) is 6.42 Å². The molecule has 0 aromatic rings. The van der Waals surface area contributed by atoms with E-state index in [0.717, 1.165) is 0 Å². The number of aliphatic carboxylic acids is 1. The van der Waals surface area contributed by atoms with Crippen molar-refractivity contribution >= 4 is 5.97 Å². The molecule has 0 saturated heterocycles. The molecule has 4 heteroatoms. The van der Waals surface area contributed by atoms with Crippen LogP contribution in [-0.2, 0) is 4.79 Å². The third-order valence-electron chi connectivity index (χ3n) is 1.09. The van der Waals surface area contributed by atoms with E-state index in [1.54, 1.807) is 0 Å². The largest absolute Gasteiger partial charge is 0.478 e. The summed E-state index contributed by atoms with van der Waals surface area (Å²) in [5, 5.41) is 24.9. The van der Waals surface area contributed by atoms with Crippen molar-refractivity contribution in [3.63, 3.8) is 0 Å². The van der Waals surface area contributed by atoms with Crippen molar-refractivity contribution in [3.05, 3.63) is 11.6 Å². The minimum Gasteiger partial charge on any atom is -0.478 e.